The summed E-state index contributed by atoms with van der Waals surface area (Å²) in [6.07, 6.45) is 0. The Morgan fingerprint density at radius 3 is 1.78 bits per heavy atom. The van der Waals surface area contributed by atoms with Crippen LogP contribution >= 0.6 is 0 Å². The topological polar surface area (TPSA) is 12.4 Å². The molecule has 0 radical (unpaired) electrons. The fraction of sp³-hybridized carbons (Fsp3) is 0.0455. The molecule has 3 rings (SSSR count). The van der Waals surface area contributed by atoms with E-state index in [9.17, 15) is 0 Å². The minimum atomic E-state index is 0.787. The number of aliphatic imine (C=N–C) groups is 1. The average molecular weight is 297 g/mol. The minimum Gasteiger partial charge on any atom is -0.253 e. The van der Waals surface area contributed by atoms with E-state index in [1.807, 2.05) is 43.3 Å². The van der Waals surface area contributed by atoms with Gasteiger partial charge in [-0.15, -0.1) is 0 Å². The van der Waals surface area contributed by atoms with Crippen molar-refractivity contribution in [1.82, 2.24) is 0 Å². The van der Waals surface area contributed by atoms with Gasteiger partial charge in [0.05, 0.1) is 5.70 Å². The second-order valence-electron chi connectivity index (χ2n) is 5.45. The molecule has 0 spiro atoms. The summed E-state index contributed by atoms with van der Waals surface area (Å²) in [6, 6.07) is 28.9. The monoisotopic (exact) mass is 297 g/mol. The van der Waals surface area contributed by atoms with Crippen molar-refractivity contribution in [3.8, 4) is 11.1 Å². The lowest BCUT2D eigenvalue weighted by atomic mass is 10.0. The quantitative estimate of drug-likeness (QED) is 0.537. The van der Waals surface area contributed by atoms with Gasteiger partial charge in [0.1, 0.15) is 0 Å². The second-order valence-corrected chi connectivity index (χ2v) is 5.45. The highest BCUT2D eigenvalue weighted by atomic mass is 14.7. The molecule has 0 aromatic heterocycles. The third kappa shape index (κ3) is 3.64. The van der Waals surface area contributed by atoms with Crippen LogP contribution in [0.3, 0.4) is 0 Å². The molecule has 0 saturated heterocycles. The molecule has 0 N–H and O–H groups in total. The van der Waals surface area contributed by atoms with Gasteiger partial charge in [0.2, 0.25) is 0 Å². The molecule has 1 nitrogen and oxygen atoms in total. The van der Waals surface area contributed by atoms with E-state index in [0.717, 1.165) is 22.5 Å². The molecule has 0 heterocycles. The van der Waals surface area contributed by atoms with E-state index in [1.54, 1.807) is 0 Å². The Morgan fingerprint density at radius 1 is 0.652 bits per heavy atom. The van der Waals surface area contributed by atoms with Crippen LogP contribution in [-0.4, -0.2) is 5.71 Å². The van der Waals surface area contributed by atoms with E-state index in [1.165, 1.54) is 11.1 Å². The van der Waals surface area contributed by atoms with Gasteiger partial charge in [-0.2, -0.15) is 0 Å². The van der Waals surface area contributed by atoms with E-state index in [-0.39, 0.29) is 0 Å². The molecular formula is C22H19N. The number of rotatable bonds is 4. The van der Waals surface area contributed by atoms with Crippen molar-refractivity contribution in [2.75, 3.05) is 0 Å². The normalized spacial score (nSPS) is 11.3. The molecule has 0 aliphatic rings. The fourth-order valence-electron chi connectivity index (χ4n) is 2.50. The summed E-state index contributed by atoms with van der Waals surface area (Å²) in [5.74, 6) is 0. The number of hydrogen-bond donors (Lipinski definition) is 0. The van der Waals surface area contributed by atoms with Crippen LogP contribution in [0, 0.1) is 0 Å². The smallest absolute Gasteiger partial charge is 0.0633 e. The molecule has 0 unspecified atom stereocenters. The number of benzene rings is 3. The van der Waals surface area contributed by atoms with Crippen molar-refractivity contribution in [3.05, 3.63) is 103 Å². The molecule has 23 heavy (non-hydrogen) atoms. The lowest BCUT2D eigenvalue weighted by Crippen LogP contribution is -1.95. The van der Waals surface area contributed by atoms with Crippen LogP contribution in [0.15, 0.2) is 96.5 Å². The van der Waals surface area contributed by atoms with Crippen LogP contribution in [-0.2, 0) is 0 Å². The van der Waals surface area contributed by atoms with Gasteiger partial charge in [0.25, 0.3) is 0 Å². The summed E-state index contributed by atoms with van der Waals surface area (Å²) in [6.45, 7) is 6.09. The van der Waals surface area contributed by atoms with Crippen LogP contribution in [0.2, 0.25) is 0 Å². The molecule has 0 bridgehead atoms. The van der Waals surface area contributed by atoms with Crippen molar-refractivity contribution < 1.29 is 0 Å². The largest absolute Gasteiger partial charge is 0.253 e. The first-order valence-corrected chi connectivity index (χ1v) is 7.69. The molecule has 112 valence electrons. The van der Waals surface area contributed by atoms with Crippen LogP contribution in [0.1, 0.15) is 18.1 Å². The van der Waals surface area contributed by atoms with Gasteiger partial charge in [0, 0.05) is 5.71 Å². The first-order chi connectivity index (χ1) is 11.2. The maximum atomic E-state index is 4.64. The Morgan fingerprint density at radius 2 is 1.17 bits per heavy atom. The maximum absolute atomic E-state index is 4.64. The van der Waals surface area contributed by atoms with Crippen LogP contribution in [0.5, 0.6) is 0 Å². The molecule has 1 heteroatoms. The lowest BCUT2D eigenvalue weighted by Gasteiger charge is -2.06. The molecule has 0 amide bonds. The van der Waals surface area contributed by atoms with Gasteiger partial charge >= 0.3 is 0 Å². The highest BCUT2D eigenvalue weighted by Gasteiger charge is 2.02. The van der Waals surface area contributed by atoms with Crippen molar-refractivity contribution in [3.63, 3.8) is 0 Å². The molecule has 3 aromatic rings. The Hall–Kier alpha value is -2.93. The van der Waals surface area contributed by atoms with Gasteiger partial charge < -0.3 is 0 Å². The summed E-state index contributed by atoms with van der Waals surface area (Å²) in [5, 5.41) is 0. The van der Waals surface area contributed by atoms with Gasteiger partial charge in [-0.25, -0.2) is 0 Å². The zero-order valence-corrected chi connectivity index (χ0v) is 13.2. The SMILES string of the molecule is C=C(/N=C(\C)c1ccc(-c2ccccc2)cc1)c1ccccc1. The van der Waals surface area contributed by atoms with E-state index in [2.05, 4.69) is 60.1 Å². The predicted molar refractivity (Wildman–Crippen MR) is 99.6 cm³/mol. The molecule has 0 aliphatic carbocycles. The third-order valence-corrected chi connectivity index (χ3v) is 3.82. The van der Waals surface area contributed by atoms with E-state index >= 15 is 0 Å². The minimum absolute atomic E-state index is 0.787. The van der Waals surface area contributed by atoms with E-state index in [0.29, 0.717) is 0 Å². The van der Waals surface area contributed by atoms with Gasteiger partial charge in [0.15, 0.2) is 0 Å². The second kappa shape index (κ2) is 6.89. The Kier molecular flexibility index (Phi) is 4.49. The summed E-state index contributed by atoms with van der Waals surface area (Å²) in [5.41, 5.74) is 6.36. The van der Waals surface area contributed by atoms with Gasteiger partial charge in [-0.1, -0.05) is 91.5 Å². The summed E-state index contributed by atoms with van der Waals surface area (Å²) in [7, 11) is 0. The maximum Gasteiger partial charge on any atom is 0.0633 e. The van der Waals surface area contributed by atoms with E-state index in [4.69, 9.17) is 0 Å². The molecule has 0 fully saturated rings. The first-order valence-electron chi connectivity index (χ1n) is 7.69. The molecule has 3 aromatic carbocycles. The zero-order valence-electron chi connectivity index (χ0n) is 13.2. The average Bonchev–Trinajstić information content (AvgIpc) is 2.63. The predicted octanol–water partition coefficient (Wildman–Crippen LogP) is 5.83. The lowest BCUT2D eigenvalue weighted by molar-refractivity contribution is 1.48. The van der Waals surface area contributed by atoms with Gasteiger partial charge in [-0.3, -0.25) is 4.99 Å². The molecule has 0 aliphatic heterocycles. The van der Waals surface area contributed by atoms with Crippen LogP contribution in [0.4, 0.5) is 0 Å². The van der Waals surface area contributed by atoms with Crippen LogP contribution < -0.4 is 0 Å². The zero-order chi connectivity index (χ0) is 16.1. The first kappa shape index (κ1) is 15.0. The van der Waals surface area contributed by atoms with Crippen molar-refractivity contribution in [2.24, 2.45) is 4.99 Å². The summed E-state index contributed by atoms with van der Waals surface area (Å²) >= 11 is 0. The highest BCUT2D eigenvalue weighted by Crippen LogP contribution is 2.20. The molecule has 0 atom stereocenters. The third-order valence-electron chi connectivity index (χ3n) is 3.82. The van der Waals surface area contributed by atoms with Crippen molar-refractivity contribution in [2.45, 2.75) is 6.92 Å². The fourth-order valence-corrected chi connectivity index (χ4v) is 2.50. The van der Waals surface area contributed by atoms with Crippen molar-refractivity contribution >= 4 is 11.4 Å². The molecular weight excluding hydrogens is 278 g/mol. The Labute approximate surface area is 137 Å². The van der Waals surface area contributed by atoms with Crippen molar-refractivity contribution in [1.29, 1.82) is 0 Å². The Bertz CT molecular complexity index is 813. The van der Waals surface area contributed by atoms with Crippen LogP contribution in [0.25, 0.3) is 16.8 Å². The molecule has 0 saturated carbocycles. The van der Waals surface area contributed by atoms with E-state index < -0.39 is 0 Å². The highest BCUT2D eigenvalue weighted by molar-refractivity contribution is 6.01. The standard InChI is InChI=1S/C22H19N/c1-17(19-9-5-3-6-10-19)23-18(2)20-13-15-22(16-14-20)21-11-7-4-8-12-21/h3-16H,1H2,2H3/b23-18+. The Balaban J connectivity index is 1.82. The summed E-state index contributed by atoms with van der Waals surface area (Å²) < 4.78 is 0. The number of hydrogen-bond acceptors (Lipinski definition) is 1. The summed E-state index contributed by atoms with van der Waals surface area (Å²) in [4.78, 5) is 4.64. The van der Waals surface area contributed by atoms with Gasteiger partial charge in [-0.05, 0) is 29.2 Å². The number of nitrogens with zero attached hydrogens (tertiary/aromatic N) is 1.